The summed E-state index contributed by atoms with van der Waals surface area (Å²) in [5, 5.41) is 9.56. The van der Waals surface area contributed by atoms with Gasteiger partial charge in [0.1, 0.15) is 0 Å². The number of carboxylic acid groups (broad SMARTS) is 1. The number of piperidine rings is 1. The molecule has 0 saturated carbocycles. The van der Waals surface area contributed by atoms with E-state index in [1.165, 1.54) is 5.56 Å². The van der Waals surface area contributed by atoms with Gasteiger partial charge in [-0.1, -0.05) is 30.3 Å². The van der Waals surface area contributed by atoms with Crippen LogP contribution in [0.3, 0.4) is 0 Å². The van der Waals surface area contributed by atoms with Crippen molar-refractivity contribution in [2.45, 2.75) is 32.7 Å². The van der Waals surface area contributed by atoms with Crippen LogP contribution in [-0.2, 0) is 20.9 Å². The Morgan fingerprint density at radius 1 is 1.22 bits per heavy atom. The summed E-state index contributed by atoms with van der Waals surface area (Å²) in [6.45, 7) is 4.19. The van der Waals surface area contributed by atoms with E-state index < -0.39 is 17.4 Å². The number of hydrogen-bond donors (Lipinski definition) is 1. The minimum absolute atomic E-state index is 0. The van der Waals surface area contributed by atoms with E-state index in [-0.39, 0.29) is 25.4 Å². The first-order chi connectivity index (χ1) is 10.6. The predicted molar refractivity (Wildman–Crippen MR) is 89.5 cm³/mol. The Balaban J connectivity index is 0.00000264. The van der Waals surface area contributed by atoms with Gasteiger partial charge < -0.3 is 9.84 Å². The highest BCUT2D eigenvalue weighted by Gasteiger charge is 2.43. The molecule has 1 aliphatic rings. The summed E-state index contributed by atoms with van der Waals surface area (Å²) >= 11 is 0. The fourth-order valence-electron chi connectivity index (χ4n) is 2.94. The van der Waals surface area contributed by atoms with Crippen molar-refractivity contribution in [2.24, 2.45) is 5.41 Å². The van der Waals surface area contributed by atoms with Gasteiger partial charge in [0.25, 0.3) is 0 Å². The summed E-state index contributed by atoms with van der Waals surface area (Å²) in [6, 6.07) is 10.1. The van der Waals surface area contributed by atoms with Crippen molar-refractivity contribution in [1.82, 2.24) is 4.90 Å². The number of nitrogens with zero attached hydrogens (tertiary/aromatic N) is 1. The van der Waals surface area contributed by atoms with Crippen molar-refractivity contribution < 1.29 is 19.4 Å². The van der Waals surface area contributed by atoms with Gasteiger partial charge in [-0.15, -0.1) is 12.4 Å². The number of esters is 1. The zero-order valence-corrected chi connectivity index (χ0v) is 14.2. The van der Waals surface area contributed by atoms with Gasteiger partial charge in [-0.25, -0.2) is 0 Å². The van der Waals surface area contributed by atoms with E-state index in [0.717, 1.165) is 6.54 Å². The van der Waals surface area contributed by atoms with E-state index in [1.807, 2.05) is 18.2 Å². The van der Waals surface area contributed by atoms with Crippen molar-refractivity contribution in [1.29, 1.82) is 0 Å². The van der Waals surface area contributed by atoms with Crippen LogP contribution in [0.2, 0.25) is 0 Å². The molecule has 0 unspecified atom stereocenters. The molecule has 5 nitrogen and oxygen atoms in total. The molecule has 23 heavy (non-hydrogen) atoms. The van der Waals surface area contributed by atoms with Crippen LogP contribution in [0.15, 0.2) is 30.3 Å². The monoisotopic (exact) mass is 341 g/mol. The van der Waals surface area contributed by atoms with E-state index in [0.29, 0.717) is 25.9 Å². The number of benzene rings is 1. The number of likely N-dealkylation sites (tertiary alicyclic amines) is 1. The van der Waals surface area contributed by atoms with E-state index in [4.69, 9.17) is 4.74 Å². The van der Waals surface area contributed by atoms with Crippen LogP contribution in [0.25, 0.3) is 0 Å². The standard InChI is InChI=1S/C17H23NO4.ClH/c1-2-22-15(19)12-17(16(20)21)8-10-18(11-9-17)13-14-6-4-3-5-7-14;/h3-7H,2,8-13H2,1H3,(H,20,21);1H. The molecule has 1 N–H and O–H groups in total. The van der Waals surface area contributed by atoms with Crippen LogP contribution in [0.4, 0.5) is 0 Å². The van der Waals surface area contributed by atoms with Gasteiger partial charge in [-0.05, 0) is 38.4 Å². The second-order valence-electron chi connectivity index (χ2n) is 5.83. The Hall–Kier alpha value is -1.59. The molecule has 1 aliphatic heterocycles. The lowest BCUT2D eigenvalue weighted by Crippen LogP contribution is -2.45. The maximum Gasteiger partial charge on any atom is 0.310 e. The van der Waals surface area contributed by atoms with Crippen LogP contribution < -0.4 is 0 Å². The molecular formula is C17H24ClNO4. The third-order valence-electron chi connectivity index (χ3n) is 4.30. The third kappa shape index (κ3) is 5.22. The lowest BCUT2D eigenvalue weighted by atomic mass is 9.75. The van der Waals surface area contributed by atoms with E-state index in [2.05, 4.69) is 17.0 Å². The topological polar surface area (TPSA) is 66.8 Å². The fraction of sp³-hybridized carbons (Fsp3) is 0.529. The summed E-state index contributed by atoms with van der Waals surface area (Å²) < 4.78 is 4.93. The Morgan fingerprint density at radius 3 is 2.35 bits per heavy atom. The lowest BCUT2D eigenvalue weighted by molar-refractivity contribution is -0.161. The smallest absolute Gasteiger partial charge is 0.310 e. The van der Waals surface area contributed by atoms with Crippen molar-refractivity contribution in [3.8, 4) is 0 Å². The van der Waals surface area contributed by atoms with Crippen molar-refractivity contribution in [2.75, 3.05) is 19.7 Å². The van der Waals surface area contributed by atoms with Gasteiger partial charge in [0, 0.05) is 6.54 Å². The maximum atomic E-state index is 11.7. The largest absolute Gasteiger partial charge is 0.481 e. The minimum atomic E-state index is -0.973. The number of halogens is 1. The molecule has 1 aromatic carbocycles. The second-order valence-corrected chi connectivity index (χ2v) is 5.83. The molecule has 0 radical (unpaired) electrons. The van der Waals surface area contributed by atoms with Gasteiger partial charge in [0.2, 0.25) is 0 Å². The SMILES string of the molecule is CCOC(=O)CC1(C(=O)O)CCN(Cc2ccccc2)CC1.Cl. The molecule has 1 saturated heterocycles. The number of carbonyl (C=O) groups is 2. The number of carboxylic acids is 1. The molecule has 1 heterocycles. The molecule has 0 atom stereocenters. The van der Waals surface area contributed by atoms with Gasteiger partial charge in [-0.2, -0.15) is 0 Å². The first kappa shape index (κ1) is 19.5. The molecule has 0 amide bonds. The summed E-state index contributed by atoms with van der Waals surface area (Å²) in [6.07, 6.45) is 0.928. The van der Waals surface area contributed by atoms with Gasteiger partial charge in [0.05, 0.1) is 18.4 Å². The van der Waals surface area contributed by atoms with Gasteiger partial charge >= 0.3 is 11.9 Å². The van der Waals surface area contributed by atoms with E-state index >= 15 is 0 Å². The van der Waals surface area contributed by atoms with Crippen molar-refractivity contribution >= 4 is 24.3 Å². The zero-order valence-electron chi connectivity index (χ0n) is 13.4. The lowest BCUT2D eigenvalue weighted by Gasteiger charge is -2.38. The average Bonchev–Trinajstić information content (AvgIpc) is 2.50. The van der Waals surface area contributed by atoms with Crippen molar-refractivity contribution in [3.63, 3.8) is 0 Å². The predicted octanol–water partition coefficient (Wildman–Crippen LogP) is 2.73. The first-order valence-electron chi connectivity index (χ1n) is 7.71. The Bertz CT molecular complexity index is 513. The van der Waals surface area contributed by atoms with Gasteiger partial charge in [-0.3, -0.25) is 14.5 Å². The quantitative estimate of drug-likeness (QED) is 0.806. The molecule has 0 aromatic heterocycles. The number of carbonyl (C=O) groups excluding carboxylic acids is 1. The number of rotatable bonds is 6. The molecule has 0 spiro atoms. The summed E-state index contributed by atoms with van der Waals surface area (Å²) in [5.74, 6) is -1.30. The highest BCUT2D eigenvalue weighted by atomic mass is 35.5. The van der Waals surface area contributed by atoms with Crippen molar-refractivity contribution in [3.05, 3.63) is 35.9 Å². The fourth-order valence-corrected chi connectivity index (χ4v) is 2.94. The minimum Gasteiger partial charge on any atom is -0.481 e. The molecular weight excluding hydrogens is 318 g/mol. The average molecular weight is 342 g/mol. The molecule has 0 aliphatic carbocycles. The maximum absolute atomic E-state index is 11.7. The molecule has 1 aromatic rings. The van der Waals surface area contributed by atoms with Crippen LogP contribution >= 0.6 is 12.4 Å². The molecule has 128 valence electrons. The van der Waals surface area contributed by atoms with Crippen LogP contribution in [0.5, 0.6) is 0 Å². The Kier molecular flexibility index (Phi) is 7.52. The van der Waals surface area contributed by atoms with Crippen LogP contribution in [0, 0.1) is 5.41 Å². The molecule has 1 fully saturated rings. The zero-order chi connectivity index (χ0) is 16.0. The molecule has 6 heteroatoms. The van der Waals surface area contributed by atoms with E-state index in [9.17, 15) is 14.7 Å². The Labute approximate surface area is 143 Å². The second kappa shape index (κ2) is 8.89. The van der Waals surface area contributed by atoms with E-state index in [1.54, 1.807) is 6.92 Å². The van der Waals surface area contributed by atoms with Gasteiger partial charge in [0.15, 0.2) is 0 Å². The Morgan fingerprint density at radius 2 is 1.83 bits per heavy atom. The number of hydrogen-bond acceptors (Lipinski definition) is 4. The van der Waals surface area contributed by atoms with Crippen LogP contribution in [-0.4, -0.2) is 41.6 Å². The summed E-state index contributed by atoms with van der Waals surface area (Å²) in [7, 11) is 0. The number of ether oxygens (including phenoxy) is 1. The normalized spacial score (nSPS) is 17.1. The highest BCUT2D eigenvalue weighted by molar-refractivity contribution is 5.85. The first-order valence-corrected chi connectivity index (χ1v) is 7.71. The highest BCUT2D eigenvalue weighted by Crippen LogP contribution is 2.36. The summed E-state index contributed by atoms with van der Waals surface area (Å²) in [4.78, 5) is 25.6. The summed E-state index contributed by atoms with van der Waals surface area (Å²) in [5.41, 5.74) is 0.245. The molecule has 0 bridgehead atoms. The number of aliphatic carboxylic acids is 1. The molecule has 2 rings (SSSR count). The van der Waals surface area contributed by atoms with Crippen LogP contribution in [0.1, 0.15) is 31.7 Å². The third-order valence-corrected chi connectivity index (χ3v) is 4.30.